The molecule has 1 aromatic carbocycles. The van der Waals surface area contributed by atoms with E-state index in [0.717, 1.165) is 18.8 Å². The van der Waals surface area contributed by atoms with Crippen molar-refractivity contribution in [2.75, 3.05) is 26.8 Å². The zero-order valence-electron chi connectivity index (χ0n) is 13.0. The SMILES string of the molecule is CCO[C@@H]1CN(Cc2cc3c(cc2OC)CCC3)C[C@H]1O. The van der Waals surface area contributed by atoms with Gasteiger partial charge in [0.2, 0.25) is 0 Å². The first kappa shape index (κ1) is 14.8. The summed E-state index contributed by atoms with van der Waals surface area (Å²) in [6.07, 6.45) is 3.15. The maximum atomic E-state index is 10.1. The van der Waals surface area contributed by atoms with Crippen LogP contribution in [0.5, 0.6) is 5.75 Å². The number of nitrogens with zero attached hydrogens (tertiary/aromatic N) is 1. The summed E-state index contributed by atoms with van der Waals surface area (Å²) in [6, 6.07) is 4.49. The topological polar surface area (TPSA) is 41.9 Å². The molecule has 2 aliphatic rings. The van der Waals surface area contributed by atoms with Gasteiger partial charge in [0.25, 0.3) is 0 Å². The molecule has 0 amide bonds. The number of hydrogen-bond acceptors (Lipinski definition) is 4. The number of benzene rings is 1. The molecule has 0 spiro atoms. The lowest BCUT2D eigenvalue weighted by Crippen LogP contribution is -2.26. The van der Waals surface area contributed by atoms with Crippen LogP contribution in [0.3, 0.4) is 0 Å². The molecule has 1 fully saturated rings. The van der Waals surface area contributed by atoms with Crippen LogP contribution in [0.2, 0.25) is 0 Å². The van der Waals surface area contributed by atoms with Crippen molar-refractivity contribution in [2.24, 2.45) is 0 Å². The van der Waals surface area contributed by atoms with Crippen molar-refractivity contribution in [3.63, 3.8) is 0 Å². The second kappa shape index (κ2) is 6.34. The summed E-state index contributed by atoms with van der Waals surface area (Å²) in [7, 11) is 1.74. The van der Waals surface area contributed by atoms with Gasteiger partial charge in [0.15, 0.2) is 0 Å². The van der Waals surface area contributed by atoms with Gasteiger partial charge in [-0.3, -0.25) is 4.90 Å². The van der Waals surface area contributed by atoms with Crippen LogP contribution < -0.4 is 4.74 Å². The molecular formula is C17H25NO3. The molecule has 116 valence electrons. The first-order valence-electron chi connectivity index (χ1n) is 7.92. The van der Waals surface area contributed by atoms with Gasteiger partial charge in [0.1, 0.15) is 5.75 Å². The average Bonchev–Trinajstić information content (AvgIpc) is 3.05. The number of likely N-dealkylation sites (tertiary alicyclic amines) is 1. The van der Waals surface area contributed by atoms with E-state index in [2.05, 4.69) is 17.0 Å². The molecule has 2 atom stereocenters. The van der Waals surface area contributed by atoms with E-state index in [4.69, 9.17) is 9.47 Å². The van der Waals surface area contributed by atoms with E-state index in [1.807, 2.05) is 6.92 Å². The number of aliphatic hydroxyl groups excluding tert-OH is 1. The zero-order chi connectivity index (χ0) is 14.8. The molecule has 1 saturated heterocycles. The van der Waals surface area contributed by atoms with Crippen LogP contribution in [0, 0.1) is 0 Å². The predicted molar refractivity (Wildman–Crippen MR) is 81.7 cm³/mol. The van der Waals surface area contributed by atoms with Gasteiger partial charge in [-0.15, -0.1) is 0 Å². The molecule has 1 N–H and O–H groups in total. The highest BCUT2D eigenvalue weighted by molar-refractivity contribution is 5.44. The van der Waals surface area contributed by atoms with Crippen LogP contribution in [0.4, 0.5) is 0 Å². The summed E-state index contributed by atoms with van der Waals surface area (Å²) < 4.78 is 11.2. The molecule has 3 rings (SSSR count). The van der Waals surface area contributed by atoms with E-state index in [1.165, 1.54) is 36.0 Å². The molecule has 4 nitrogen and oxygen atoms in total. The van der Waals surface area contributed by atoms with Gasteiger partial charge >= 0.3 is 0 Å². The highest BCUT2D eigenvalue weighted by Crippen LogP contribution is 2.31. The zero-order valence-corrected chi connectivity index (χ0v) is 13.0. The number of aliphatic hydroxyl groups is 1. The van der Waals surface area contributed by atoms with Crippen LogP contribution in [0.1, 0.15) is 30.0 Å². The van der Waals surface area contributed by atoms with E-state index < -0.39 is 0 Å². The standard InChI is InChI=1S/C17H25NO3/c1-3-21-17-11-18(10-15(17)19)9-14-7-12-5-4-6-13(12)8-16(14)20-2/h7-8,15,17,19H,3-6,9-11H2,1-2H3/t15-,17-/m1/s1. The molecule has 21 heavy (non-hydrogen) atoms. The first-order valence-corrected chi connectivity index (χ1v) is 7.92. The number of aryl methyl sites for hydroxylation is 2. The largest absolute Gasteiger partial charge is 0.496 e. The lowest BCUT2D eigenvalue weighted by Gasteiger charge is -2.18. The van der Waals surface area contributed by atoms with Crippen molar-refractivity contribution < 1.29 is 14.6 Å². The first-order chi connectivity index (χ1) is 10.2. The summed E-state index contributed by atoms with van der Waals surface area (Å²) in [4.78, 5) is 2.25. The van der Waals surface area contributed by atoms with Crippen molar-refractivity contribution in [3.05, 3.63) is 28.8 Å². The number of rotatable bonds is 5. The minimum Gasteiger partial charge on any atom is -0.496 e. The Morgan fingerprint density at radius 1 is 1.24 bits per heavy atom. The van der Waals surface area contributed by atoms with Gasteiger partial charge in [-0.25, -0.2) is 0 Å². The summed E-state index contributed by atoms with van der Waals surface area (Å²) in [5.74, 6) is 0.977. The van der Waals surface area contributed by atoms with Crippen LogP contribution in [0.25, 0.3) is 0 Å². The summed E-state index contributed by atoms with van der Waals surface area (Å²) in [5, 5.41) is 10.1. The van der Waals surface area contributed by atoms with Gasteiger partial charge in [0.05, 0.1) is 19.3 Å². The van der Waals surface area contributed by atoms with Gasteiger partial charge in [-0.05, 0) is 43.4 Å². The number of methoxy groups -OCH3 is 1. The van der Waals surface area contributed by atoms with Crippen molar-refractivity contribution in [1.29, 1.82) is 0 Å². The fourth-order valence-corrected chi connectivity index (χ4v) is 3.55. The van der Waals surface area contributed by atoms with Gasteiger partial charge in [0, 0.05) is 31.8 Å². The Balaban J connectivity index is 1.73. The van der Waals surface area contributed by atoms with Crippen LogP contribution in [0.15, 0.2) is 12.1 Å². The quantitative estimate of drug-likeness (QED) is 0.898. The number of hydrogen-bond donors (Lipinski definition) is 1. The maximum Gasteiger partial charge on any atom is 0.123 e. The molecule has 1 aromatic rings. The second-order valence-corrected chi connectivity index (χ2v) is 6.04. The Labute approximate surface area is 126 Å². The average molecular weight is 291 g/mol. The fourth-order valence-electron chi connectivity index (χ4n) is 3.55. The third kappa shape index (κ3) is 3.07. The Morgan fingerprint density at radius 3 is 2.71 bits per heavy atom. The Kier molecular flexibility index (Phi) is 4.48. The van der Waals surface area contributed by atoms with Crippen LogP contribution in [-0.2, 0) is 24.1 Å². The van der Waals surface area contributed by atoms with Crippen molar-refractivity contribution in [1.82, 2.24) is 4.90 Å². The minimum atomic E-state index is -0.384. The monoisotopic (exact) mass is 291 g/mol. The highest BCUT2D eigenvalue weighted by atomic mass is 16.5. The lowest BCUT2D eigenvalue weighted by atomic mass is 10.0. The van der Waals surface area contributed by atoms with E-state index in [0.29, 0.717) is 13.2 Å². The van der Waals surface area contributed by atoms with Gasteiger partial charge in [-0.2, -0.15) is 0 Å². The molecule has 1 aliphatic carbocycles. The second-order valence-electron chi connectivity index (χ2n) is 6.04. The van der Waals surface area contributed by atoms with Crippen molar-refractivity contribution >= 4 is 0 Å². The van der Waals surface area contributed by atoms with E-state index in [9.17, 15) is 5.11 Å². The molecular weight excluding hydrogens is 266 g/mol. The normalized spacial score (nSPS) is 25.3. The molecule has 0 unspecified atom stereocenters. The predicted octanol–water partition coefficient (Wildman–Crippen LogP) is 1.77. The number of ether oxygens (including phenoxy) is 2. The molecule has 1 heterocycles. The van der Waals surface area contributed by atoms with Gasteiger partial charge < -0.3 is 14.6 Å². The maximum absolute atomic E-state index is 10.1. The van der Waals surface area contributed by atoms with Gasteiger partial charge in [-0.1, -0.05) is 6.07 Å². The molecule has 4 heteroatoms. The van der Waals surface area contributed by atoms with Crippen molar-refractivity contribution in [2.45, 2.75) is 44.9 Å². The van der Waals surface area contributed by atoms with E-state index >= 15 is 0 Å². The minimum absolute atomic E-state index is 0.0598. The molecule has 0 radical (unpaired) electrons. The highest BCUT2D eigenvalue weighted by Gasteiger charge is 2.32. The molecule has 0 saturated carbocycles. The lowest BCUT2D eigenvalue weighted by molar-refractivity contribution is -0.00245. The molecule has 0 bridgehead atoms. The fraction of sp³-hybridized carbons (Fsp3) is 0.647. The summed E-state index contributed by atoms with van der Waals surface area (Å²) >= 11 is 0. The van der Waals surface area contributed by atoms with Crippen LogP contribution in [-0.4, -0.2) is 49.0 Å². The number of fused-ring (bicyclic) bond motifs is 1. The van der Waals surface area contributed by atoms with E-state index in [1.54, 1.807) is 7.11 Å². The summed E-state index contributed by atoms with van der Waals surface area (Å²) in [6.45, 7) is 4.90. The third-order valence-electron chi connectivity index (χ3n) is 4.58. The summed E-state index contributed by atoms with van der Waals surface area (Å²) in [5.41, 5.74) is 4.12. The van der Waals surface area contributed by atoms with E-state index in [-0.39, 0.29) is 12.2 Å². The third-order valence-corrected chi connectivity index (χ3v) is 4.58. The molecule has 0 aromatic heterocycles. The number of β-amino-alcohol motifs (C(OH)–C–C–N with tert-alkyl or cyclic N) is 1. The van der Waals surface area contributed by atoms with Crippen molar-refractivity contribution in [3.8, 4) is 5.75 Å². The molecule has 1 aliphatic heterocycles. The van der Waals surface area contributed by atoms with Crippen LogP contribution >= 0.6 is 0 Å². The Hall–Kier alpha value is -1.10. The Bertz CT molecular complexity index is 503. The smallest absolute Gasteiger partial charge is 0.123 e. The Morgan fingerprint density at radius 2 is 2.00 bits per heavy atom.